The zero-order valence-corrected chi connectivity index (χ0v) is 11.6. The van der Waals surface area contributed by atoms with E-state index >= 15 is 0 Å². The molecule has 1 unspecified atom stereocenters. The zero-order valence-electron chi connectivity index (χ0n) is 11.6. The fourth-order valence-corrected chi connectivity index (χ4v) is 2.28. The molecular formula is C15H22N2O2. The van der Waals surface area contributed by atoms with E-state index in [2.05, 4.69) is 24.5 Å². The third-order valence-corrected chi connectivity index (χ3v) is 3.25. The predicted octanol–water partition coefficient (Wildman–Crippen LogP) is 1.67. The summed E-state index contributed by atoms with van der Waals surface area (Å²) in [7, 11) is 0. The summed E-state index contributed by atoms with van der Waals surface area (Å²) in [6.45, 7) is 6.26. The topological polar surface area (TPSA) is 50.4 Å². The summed E-state index contributed by atoms with van der Waals surface area (Å²) in [5.74, 6) is 0.861. The van der Waals surface area contributed by atoms with E-state index in [1.165, 1.54) is 0 Å². The minimum absolute atomic E-state index is 0.0796. The highest BCUT2D eigenvalue weighted by atomic mass is 16.5. The third kappa shape index (κ3) is 3.70. The van der Waals surface area contributed by atoms with Crippen LogP contribution in [-0.2, 0) is 4.79 Å². The molecule has 0 aromatic heterocycles. The third-order valence-electron chi connectivity index (χ3n) is 3.25. The lowest BCUT2D eigenvalue weighted by atomic mass is 9.92. The molecule has 4 heteroatoms. The van der Waals surface area contributed by atoms with Gasteiger partial charge < -0.3 is 15.4 Å². The normalized spacial score (nSPS) is 17.7. The molecule has 4 nitrogen and oxygen atoms in total. The van der Waals surface area contributed by atoms with Gasteiger partial charge in [0.1, 0.15) is 5.75 Å². The molecule has 1 atom stereocenters. The van der Waals surface area contributed by atoms with E-state index in [1.807, 2.05) is 24.3 Å². The maximum atomic E-state index is 12.2. The van der Waals surface area contributed by atoms with Crippen LogP contribution in [-0.4, -0.2) is 31.6 Å². The number of benzene rings is 1. The average Bonchev–Trinajstić information content (AvgIpc) is 2.42. The van der Waals surface area contributed by atoms with Crippen molar-refractivity contribution in [3.63, 3.8) is 0 Å². The number of hydrogen-bond donors (Lipinski definition) is 2. The van der Waals surface area contributed by atoms with Gasteiger partial charge in [-0.3, -0.25) is 4.79 Å². The van der Waals surface area contributed by atoms with Gasteiger partial charge in [0.2, 0.25) is 5.91 Å². The number of ether oxygens (including phenoxy) is 1. The van der Waals surface area contributed by atoms with Gasteiger partial charge in [-0.05, 0) is 12.5 Å². The van der Waals surface area contributed by atoms with E-state index in [-0.39, 0.29) is 11.8 Å². The number of amides is 1. The van der Waals surface area contributed by atoms with Crippen molar-refractivity contribution in [2.45, 2.75) is 32.2 Å². The van der Waals surface area contributed by atoms with Crippen molar-refractivity contribution in [2.75, 3.05) is 19.7 Å². The van der Waals surface area contributed by atoms with Crippen molar-refractivity contribution in [2.24, 2.45) is 0 Å². The maximum Gasteiger partial charge on any atom is 0.227 e. The highest BCUT2D eigenvalue weighted by Crippen LogP contribution is 2.33. The number of carbonyl (C=O) groups is 1. The number of nitrogens with one attached hydrogen (secondary N) is 2. The Hall–Kier alpha value is -1.55. The van der Waals surface area contributed by atoms with Gasteiger partial charge in [-0.15, -0.1) is 0 Å². The number of carbonyl (C=O) groups excluding carboxylic acids is 1. The Kier molecular flexibility index (Phi) is 4.80. The Morgan fingerprint density at radius 1 is 1.37 bits per heavy atom. The average molecular weight is 262 g/mol. The molecular weight excluding hydrogens is 240 g/mol. The van der Waals surface area contributed by atoms with Crippen LogP contribution in [0.15, 0.2) is 24.3 Å². The van der Waals surface area contributed by atoms with Crippen molar-refractivity contribution in [1.29, 1.82) is 0 Å². The Bertz CT molecular complexity index is 432. The molecule has 0 aliphatic carbocycles. The Morgan fingerprint density at radius 2 is 2.16 bits per heavy atom. The van der Waals surface area contributed by atoms with E-state index in [0.717, 1.165) is 24.3 Å². The van der Waals surface area contributed by atoms with Crippen LogP contribution in [0.4, 0.5) is 0 Å². The number of rotatable bonds is 5. The number of fused-ring (bicyclic) bond motifs is 1. The van der Waals surface area contributed by atoms with E-state index < -0.39 is 0 Å². The van der Waals surface area contributed by atoms with Crippen LogP contribution in [0.2, 0.25) is 0 Å². The minimum Gasteiger partial charge on any atom is -0.493 e. The molecule has 1 aromatic rings. The molecule has 0 fully saturated rings. The highest BCUT2D eigenvalue weighted by molar-refractivity contribution is 5.84. The van der Waals surface area contributed by atoms with E-state index in [0.29, 0.717) is 19.2 Å². The van der Waals surface area contributed by atoms with Gasteiger partial charge >= 0.3 is 0 Å². The summed E-state index contributed by atoms with van der Waals surface area (Å²) in [6.07, 6.45) is 0.750. The van der Waals surface area contributed by atoms with Gasteiger partial charge in [0.15, 0.2) is 0 Å². The first-order valence-electron chi connectivity index (χ1n) is 6.91. The number of hydrogen-bond acceptors (Lipinski definition) is 3. The summed E-state index contributed by atoms with van der Waals surface area (Å²) in [5, 5.41) is 6.28. The SMILES string of the molecule is CC(C)NCCNC(=O)C1CCOc2ccccc21. The Balaban J connectivity index is 1.90. The van der Waals surface area contributed by atoms with Crippen molar-refractivity contribution < 1.29 is 9.53 Å². The second-order valence-corrected chi connectivity index (χ2v) is 5.13. The Labute approximate surface area is 114 Å². The van der Waals surface area contributed by atoms with Crippen LogP contribution in [0.25, 0.3) is 0 Å². The van der Waals surface area contributed by atoms with Gasteiger partial charge in [0.25, 0.3) is 0 Å². The summed E-state index contributed by atoms with van der Waals surface area (Å²) in [5.41, 5.74) is 1.00. The van der Waals surface area contributed by atoms with Gasteiger partial charge in [-0.2, -0.15) is 0 Å². The lowest BCUT2D eigenvalue weighted by Crippen LogP contribution is -2.38. The fourth-order valence-electron chi connectivity index (χ4n) is 2.28. The van der Waals surface area contributed by atoms with Crippen LogP contribution in [0.3, 0.4) is 0 Å². The quantitative estimate of drug-likeness (QED) is 0.794. The fraction of sp³-hybridized carbons (Fsp3) is 0.533. The molecule has 2 rings (SSSR count). The van der Waals surface area contributed by atoms with Gasteiger partial charge in [0.05, 0.1) is 12.5 Å². The largest absolute Gasteiger partial charge is 0.493 e. The molecule has 0 saturated heterocycles. The van der Waals surface area contributed by atoms with Crippen molar-refractivity contribution >= 4 is 5.91 Å². The van der Waals surface area contributed by atoms with Crippen LogP contribution in [0.5, 0.6) is 5.75 Å². The first kappa shape index (κ1) is 13.9. The molecule has 1 aliphatic rings. The van der Waals surface area contributed by atoms with Crippen LogP contribution < -0.4 is 15.4 Å². The highest BCUT2D eigenvalue weighted by Gasteiger charge is 2.26. The second-order valence-electron chi connectivity index (χ2n) is 5.13. The van der Waals surface area contributed by atoms with Gasteiger partial charge in [0, 0.05) is 24.7 Å². The standard InChI is InChI=1S/C15H22N2O2/c1-11(2)16-8-9-17-15(18)13-7-10-19-14-6-4-3-5-12(13)14/h3-6,11,13,16H,7-10H2,1-2H3,(H,17,18). The summed E-state index contributed by atoms with van der Waals surface area (Å²) in [6, 6.07) is 8.24. The molecule has 0 spiro atoms. The minimum atomic E-state index is -0.0796. The van der Waals surface area contributed by atoms with Gasteiger partial charge in [-0.25, -0.2) is 0 Å². The summed E-state index contributed by atoms with van der Waals surface area (Å²) in [4.78, 5) is 12.2. The first-order chi connectivity index (χ1) is 9.18. The lowest BCUT2D eigenvalue weighted by Gasteiger charge is -2.25. The molecule has 19 heavy (non-hydrogen) atoms. The van der Waals surface area contributed by atoms with Crippen molar-refractivity contribution in [3.05, 3.63) is 29.8 Å². The molecule has 1 heterocycles. The molecule has 0 radical (unpaired) electrons. The van der Waals surface area contributed by atoms with E-state index in [4.69, 9.17) is 4.74 Å². The van der Waals surface area contributed by atoms with Gasteiger partial charge in [-0.1, -0.05) is 32.0 Å². The second kappa shape index (κ2) is 6.57. The smallest absolute Gasteiger partial charge is 0.227 e. The molecule has 1 amide bonds. The monoisotopic (exact) mass is 262 g/mol. The molecule has 2 N–H and O–H groups in total. The lowest BCUT2D eigenvalue weighted by molar-refractivity contribution is -0.123. The first-order valence-corrected chi connectivity index (χ1v) is 6.91. The molecule has 1 aliphatic heterocycles. The summed E-state index contributed by atoms with van der Waals surface area (Å²) < 4.78 is 5.57. The number of para-hydroxylation sites is 1. The van der Waals surface area contributed by atoms with E-state index in [9.17, 15) is 4.79 Å². The maximum absolute atomic E-state index is 12.2. The van der Waals surface area contributed by atoms with Crippen molar-refractivity contribution in [1.82, 2.24) is 10.6 Å². The summed E-state index contributed by atoms with van der Waals surface area (Å²) >= 11 is 0. The van der Waals surface area contributed by atoms with Crippen LogP contribution in [0.1, 0.15) is 31.7 Å². The Morgan fingerprint density at radius 3 is 2.95 bits per heavy atom. The predicted molar refractivity (Wildman–Crippen MR) is 75.4 cm³/mol. The zero-order chi connectivity index (χ0) is 13.7. The van der Waals surface area contributed by atoms with Crippen molar-refractivity contribution in [3.8, 4) is 5.75 Å². The van der Waals surface area contributed by atoms with E-state index in [1.54, 1.807) is 0 Å². The van der Waals surface area contributed by atoms with Crippen LogP contribution in [0, 0.1) is 0 Å². The molecule has 0 saturated carbocycles. The van der Waals surface area contributed by atoms with Crippen LogP contribution >= 0.6 is 0 Å². The molecule has 0 bridgehead atoms. The molecule has 1 aromatic carbocycles. The molecule has 104 valence electrons.